The highest BCUT2D eigenvalue weighted by atomic mass is 35.5. The number of aromatic nitrogens is 2. The molecule has 0 radical (unpaired) electrons. The van der Waals surface area contributed by atoms with Crippen molar-refractivity contribution < 1.29 is 10.2 Å². The summed E-state index contributed by atoms with van der Waals surface area (Å²) in [6.07, 6.45) is 0. The van der Waals surface area contributed by atoms with Crippen molar-refractivity contribution in [2.75, 3.05) is 5.73 Å². The molecule has 7 heteroatoms. The van der Waals surface area contributed by atoms with Crippen molar-refractivity contribution in [1.82, 2.24) is 9.97 Å². The normalized spacial score (nSPS) is 10.1. The number of benzene rings is 3. The van der Waals surface area contributed by atoms with Crippen molar-refractivity contribution >= 4 is 41.5 Å². The average Bonchev–Trinajstić information content (AvgIpc) is 2.62. The Hall–Kier alpha value is -3.02. The van der Waals surface area contributed by atoms with Crippen molar-refractivity contribution in [3.8, 4) is 34.0 Å². The van der Waals surface area contributed by atoms with Crippen LogP contribution in [0.5, 0.6) is 11.5 Å². The van der Waals surface area contributed by atoms with Crippen LogP contribution in [0.2, 0.25) is 0 Å². The molecule has 0 saturated carbocycles. The summed E-state index contributed by atoms with van der Waals surface area (Å²) < 4.78 is 0. The maximum Gasteiger partial charge on any atom is 0.115 e. The molecule has 0 unspecified atom stereocenters. The molecule has 27 heavy (non-hydrogen) atoms. The number of halogens is 2. The van der Waals surface area contributed by atoms with Crippen LogP contribution in [0.1, 0.15) is 0 Å². The predicted octanol–water partition coefficient (Wildman–Crippen LogP) is 4.80. The molecule has 138 valence electrons. The maximum atomic E-state index is 9.55. The zero-order valence-electron chi connectivity index (χ0n) is 14.0. The van der Waals surface area contributed by atoms with Crippen LogP contribution in [0.3, 0.4) is 0 Å². The number of hydrogen-bond donors (Lipinski definition) is 3. The van der Waals surface area contributed by atoms with Gasteiger partial charge >= 0.3 is 0 Å². The molecule has 0 saturated heterocycles. The zero-order valence-corrected chi connectivity index (χ0v) is 15.7. The number of phenols is 2. The van der Waals surface area contributed by atoms with Crippen molar-refractivity contribution in [1.29, 1.82) is 0 Å². The molecule has 0 fully saturated rings. The van der Waals surface area contributed by atoms with Gasteiger partial charge in [0.25, 0.3) is 0 Å². The Labute approximate surface area is 168 Å². The van der Waals surface area contributed by atoms with E-state index in [1.807, 2.05) is 6.07 Å². The number of aromatic hydroxyl groups is 2. The standard InChI is InChI=1S/C20H15N3O2.2ClH/c21-14-5-10-17-18(11-14)23-20(13-3-8-16(25)9-4-13)19(22-17)12-1-6-15(24)7-2-12;;/h1-11,24-25H,21H2;2*1H. The molecule has 0 amide bonds. The molecule has 0 atom stereocenters. The summed E-state index contributed by atoms with van der Waals surface area (Å²) >= 11 is 0. The molecule has 4 rings (SSSR count). The third-order valence-corrected chi connectivity index (χ3v) is 3.97. The number of rotatable bonds is 2. The predicted molar refractivity (Wildman–Crippen MR) is 113 cm³/mol. The molecular formula is C20H17Cl2N3O2. The van der Waals surface area contributed by atoms with Gasteiger partial charge < -0.3 is 15.9 Å². The average molecular weight is 402 g/mol. The fourth-order valence-corrected chi connectivity index (χ4v) is 2.71. The number of nitrogens with two attached hydrogens (primary N) is 1. The van der Waals surface area contributed by atoms with Crippen LogP contribution in [0, 0.1) is 0 Å². The van der Waals surface area contributed by atoms with E-state index in [-0.39, 0.29) is 36.3 Å². The Balaban J connectivity index is 0.00000131. The number of hydrogen-bond acceptors (Lipinski definition) is 5. The number of anilines is 1. The summed E-state index contributed by atoms with van der Waals surface area (Å²) in [6, 6.07) is 19.0. The Morgan fingerprint density at radius 1 is 0.593 bits per heavy atom. The van der Waals surface area contributed by atoms with E-state index in [9.17, 15) is 10.2 Å². The fourth-order valence-electron chi connectivity index (χ4n) is 2.71. The van der Waals surface area contributed by atoms with E-state index in [2.05, 4.69) is 0 Å². The Kier molecular flexibility index (Phi) is 6.10. The highest BCUT2D eigenvalue weighted by Crippen LogP contribution is 2.32. The van der Waals surface area contributed by atoms with Crippen LogP contribution in [-0.2, 0) is 0 Å². The van der Waals surface area contributed by atoms with Gasteiger partial charge in [0.05, 0.1) is 22.4 Å². The third-order valence-electron chi connectivity index (χ3n) is 3.97. The van der Waals surface area contributed by atoms with Crippen LogP contribution >= 0.6 is 24.8 Å². The SMILES string of the molecule is Cl.Cl.Nc1ccc2nc(-c3ccc(O)cc3)c(-c3ccc(O)cc3)nc2c1. The van der Waals surface area contributed by atoms with E-state index in [0.29, 0.717) is 22.6 Å². The van der Waals surface area contributed by atoms with Gasteiger partial charge in [-0.05, 0) is 66.7 Å². The van der Waals surface area contributed by atoms with E-state index in [1.165, 1.54) is 0 Å². The van der Waals surface area contributed by atoms with E-state index in [0.717, 1.165) is 16.6 Å². The van der Waals surface area contributed by atoms with Gasteiger partial charge in [-0.1, -0.05) is 0 Å². The molecule has 0 aliphatic heterocycles. The van der Waals surface area contributed by atoms with Gasteiger partial charge in [0, 0.05) is 16.8 Å². The van der Waals surface area contributed by atoms with Crippen molar-refractivity contribution in [2.45, 2.75) is 0 Å². The van der Waals surface area contributed by atoms with Gasteiger partial charge in [-0.25, -0.2) is 9.97 Å². The lowest BCUT2D eigenvalue weighted by molar-refractivity contribution is 0.475. The maximum absolute atomic E-state index is 9.55. The number of phenolic OH excluding ortho intramolecular Hbond substituents is 2. The molecule has 4 N–H and O–H groups in total. The lowest BCUT2D eigenvalue weighted by Gasteiger charge is -2.11. The van der Waals surface area contributed by atoms with Gasteiger partial charge in [0.2, 0.25) is 0 Å². The summed E-state index contributed by atoms with van der Waals surface area (Å²) in [5, 5.41) is 19.1. The first-order valence-electron chi connectivity index (χ1n) is 7.76. The number of fused-ring (bicyclic) bond motifs is 1. The molecule has 1 heterocycles. The molecule has 5 nitrogen and oxygen atoms in total. The van der Waals surface area contributed by atoms with E-state index < -0.39 is 0 Å². The highest BCUT2D eigenvalue weighted by molar-refractivity contribution is 5.87. The van der Waals surface area contributed by atoms with Crippen LogP contribution < -0.4 is 5.73 Å². The summed E-state index contributed by atoms with van der Waals surface area (Å²) in [5.41, 5.74) is 11.0. The first-order valence-corrected chi connectivity index (χ1v) is 7.76. The molecule has 0 aliphatic carbocycles. The first-order chi connectivity index (χ1) is 12.1. The lowest BCUT2D eigenvalue weighted by Crippen LogP contribution is -1.96. The smallest absolute Gasteiger partial charge is 0.115 e. The van der Waals surface area contributed by atoms with Gasteiger partial charge in [-0.3, -0.25) is 0 Å². The van der Waals surface area contributed by atoms with Crippen LogP contribution in [0.4, 0.5) is 5.69 Å². The summed E-state index contributed by atoms with van der Waals surface area (Å²) in [7, 11) is 0. The van der Waals surface area contributed by atoms with E-state index >= 15 is 0 Å². The van der Waals surface area contributed by atoms with Gasteiger partial charge in [0.15, 0.2) is 0 Å². The Morgan fingerprint density at radius 2 is 1.04 bits per heavy atom. The Bertz CT molecular complexity index is 1070. The quantitative estimate of drug-likeness (QED) is 0.419. The topological polar surface area (TPSA) is 92.3 Å². The summed E-state index contributed by atoms with van der Waals surface area (Å²) in [5.74, 6) is 0.379. The van der Waals surface area contributed by atoms with Crippen LogP contribution in [0.15, 0.2) is 66.7 Å². The lowest BCUT2D eigenvalue weighted by atomic mass is 10.0. The molecule has 0 aliphatic rings. The summed E-state index contributed by atoms with van der Waals surface area (Å²) in [6.45, 7) is 0. The van der Waals surface area contributed by atoms with Crippen molar-refractivity contribution in [2.24, 2.45) is 0 Å². The first kappa shape index (κ1) is 20.3. The molecule has 1 aromatic heterocycles. The minimum absolute atomic E-state index is 0. The molecular weight excluding hydrogens is 385 g/mol. The largest absolute Gasteiger partial charge is 0.508 e. The van der Waals surface area contributed by atoms with E-state index in [1.54, 1.807) is 60.7 Å². The zero-order chi connectivity index (χ0) is 17.4. The van der Waals surface area contributed by atoms with E-state index in [4.69, 9.17) is 15.7 Å². The minimum Gasteiger partial charge on any atom is -0.508 e. The number of nitrogen functional groups attached to an aromatic ring is 1. The number of nitrogens with zero attached hydrogens (tertiary/aromatic N) is 2. The molecule has 0 bridgehead atoms. The van der Waals surface area contributed by atoms with Crippen molar-refractivity contribution in [3.05, 3.63) is 66.7 Å². The van der Waals surface area contributed by atoms with Crippen molar-refractivity contribution in [3.63, 3.8) is 0 Å². The second kappa shape index (κ2) is 8.12. The molecule has 3 aromatic carbocycles. The minimum atomic E-state index is 0. The van der Waals surface area contributed by atoms with Crippen LogP contribution in [0.25, 0.3) is 33.5 Å². The highest BCUT2D eigenvalue weighted by Gasteiger charge is 2.13. The van der Waals surface area contributed by atoms with Gasteiger partial charge in [-0.2, -0.15) is 0 Å². The van der Waals surface area contributed by atoms with Gasteiger partial charge in [0.1, 0.15) is 11.5 Å². The monoisotopic (exact) mass is 401 g/mol. The fraction of sp³-hybridized carbons (Fsp3) is 0. The molecule has 0 spiro atoms. The third kappa shape index (κ3) is 4.05. The second-order valence-corrected chi connectivity index (χ2v) is 5.76. The Morgan fingerprint density at radius 3 is 1.52 bits per heavy atom. The second-order valence-electron chi connectivity index (χ2n) is 5.76. The van der Waals surface area contributed by atoms with Gasteiger partial charge in [-0.15, -0.1) is 24.8 Å². The van der Waals surface area contributed by atoms with Crippen LogP contribution in [-0.4, -0.2) is 20.2 Å². The molecule has 4 aromatic rings. The summed E-state index contributed by atoms with van der Waals surface area (Å²) in [4.78, 5) is 9.50.